The van der Waals surface area contributed by atoms with Gasteiger partial charge in [0.25, 0.3) is 5.56 Å². The third kappa shape index (κ3) is 4.18. The Labute approximate surface area is 176 Å². The van der Waals surface area contributed by atoms with Gasteiger partial charge in [0.05, 0.1) is 30.2 Å². The molecule has 0 atom stereocenters. The van der Waals surface area contributed by atoms with Crippen LogP contribution in [0.3, 0.4) is 0 Å². The number of anilines is 1. The molecule has 0 radical (unpaired) electrons. The first-order chi connectivity index (χ1) is 14.8. The number of benzene rings is 1. The van der Waals surface area contributed by atoms with Crippen LogP contribution in [0.4, 0.5) is 5.69 Å². The van der Waals surface area contributed by atoms with Crippen LogP contribution in [-0.2, 0) is 24.2 Å². The highest BCUT2D eigenvalue weighted by Crippen LogP contribution is 2.21. The van der Waals surface area contributed by atoms with E-state index in [1.165, 1.54) is 11.3 Å². The van der Waals surface area contributed by atoms with E-state index >= 15 is 0 Å². The Balaban J connectivity index is 1.26. The van der Waals surface area contributed by atoms with E-state index in [0.29, 0.717) is 12.4 Å². The lowest BCUT2D eigenvalue weighted by atomic mass is 10.0. The van der Waals surface area contributed by atoms with E-state index in [1.807, 2.05) is 0 Å². The smallest absolute Gasteiger partial charge is 0.255 e. The van der Waals surface area contributed by atoms with Gasteiger partial charge in [-0.05, 0) is 37.0 Å². The molecule has 1 fully saturated rings. The molecule has 1 saturated heterocycles. The van der Waals surface area contributed by atoms with E-state index in [2.05, 4.69) is 44.0 Å². The zero-order valence-corrected chi connectivity index (χ0v) is 17.4. The second kappa shape index (κ2) is 8.70. The first kappa shape index (κ1) is 19.5. The van der Waals surface area contributed by atoms with Gasteiger partial charge in [0.15, 0.2) is 5.82 Å². The number of nitrogens with one attached hydrogen (secondary N) is 1. The van der Waals surface area contributed by atoms with Crippen LogP contribution in [-0.4, -0.2) is 60.0 Å². The first-order valence-corrected chi connectivity index (χ1v) is 11.1. The fourth-order valence-corrected chi connectivity index (χ4v) is 4.54. The number of aromatic amines is 1. The lowest BCUT2D eigenvalue weighted by Crippen LogP contribution is -2.36. The SMILES string of the molecule is O=c1[nH]c(C2=NCCCC2)nc2c1CN(Cc1ccc(N3CCOCC3)cc1)CC2. The van der Waals surface area contributed by atoms with Gasteiger partial charge in [0, 0.05) is 51.4 Å². The van der Waals surface area contributed by atoms with Gasteiger partial charge in [-0.2, -0.15) is 0 Å². The normalized spacial score (nSPS) is 20.0. The van der Waals surface area contributed by atoms with Crippen molar-refractivity contribution in [3.63, 3.8) is 0 Å². The van der Waals surface area contributed by atoms with Crippen molar-refractivity contribution < 1.29 is 4.74 Å². The Hall–Kier alpha value is -2.51. The number of nitrogens with zero attached hydrogens (tertiary/aromatic N) is 4. The summed E-state index contributed by atoms with van der Waals surface area (Å²) in [4.78, 5) is 29.8. The summed E-state index contributed by atoms with van der Waals surface area (Å²) in [7, 11) is 0. The van der Waals surface area contributed by atoms with Crippen LogP contribution in [0, 0.1) is 0 Å². The molecule has 1 aromatic heterocycles. The molecule has 5 rings (SSSR count). The average molecular weight is 408 g/mol. The summed E-state index contributed by atoms with van der Waals surface area (Å²) >= 11 is 0. The molecule has 2 aromatic rings. The zero-order chi connectivity index (χ0) is 20.3. The van der Waals surface area contributed by atoms with Crippen LogP contribution in [0.2, 0.25) is 0 Å². The minimum Gasteiger partial charge on any atom is -0.378 e. The molecule has 0 aliphatic carbocycles. The van der Waals surface area contributed by atoms with Crippen LogP contribution >= 0.6 is 0 Å². The zero-order valence-electron chi connectivity index (χ0n) is 17.4. The van der Waals surface area contributed by atoms with Crippen molar-refractivity contribution in [3.8, 4) is 0 Å². The molecule has 0 bridgehead atoms. The highest BCUT2D eigenvalue weighted by molar-refractivity contribution is 5.97. The largest absolute Gasteiger partial charge is 0.378 e. The minimum atomic E-state index is -0.00404. The van der Waals surface area contributed by atoms with Gasteiger partial charge in [0.2, 0.25) is 0 Å². The van der Waals surface area contributed by atoms with E-state index in [4.69, 9.17) is 9.72 Å². The maximum Gasteiger partial charge on any atom is 0.255 e. The number of aliphatic imine (C=N–C) groups is 1. The Bertz CT molecular complexity index is 976. The summed E-state index contributed by atoms with van der Waals surface area (Å²) in [5.74, 6) is 0.686. The molecular weight excluding hydrogens is 378 g/mol. The molecule has 3 aliphatic rings. The lowest BCUT2D eigenvalue weighted by molar-refractivity contribution is 0.122. The summed E-state index contributed by atoms with van der Waals surface area (Å²) in [6, 6.07) is 8.80. The van der Waals surface area contributed by atoms with Crippen LogP contribution < -0.4 is 10.5 Å². The molecule has 0 spiro atoms. The number of aromatic nitrogens is 2. The van der Waals surface area contributed by atoms with Gasteiger partial charge in [-0.15, -0.1) is 0 Å². The second-order valence-corrected chi connectivity index (χ2v) is 8.35. The van der Waals surface area contributed by atoms with Crippen LogP contribution in [0.5, 0.6) is 0 Å². The molecule has 1 aromatic carbocycles. The van der Waals surface area contributed by atoms with Crippen LogP contribution in [0.1, 0.15) is 41.9 Å². The fourth-order valence-electron chi connectivity index (χ4n) is 4.54. The third-order valence-electron chi connectivity index (χ3n) is 6.26. The molecule has 3 aliphatic heterocycles. The predicted molar refractivity (Wildman–Crippen MR) is 117 cm³/mol. The van der Waals surface area contributed by atoms with Crippen molar-refractivity contribution in [1.82, 2.24) is 14.9 Å². The second-order valence-electron chi connectivity index (χ2n) is 8.35. The summed E-state index contributed by atoms with van der Waals surface area (Å²) in [6.07, 6.45) is 3.97. The molecule has 7 nitrogen and oxygen atoms in total. The minimum absolute atomic E-state index is 0.00404. The van der Waals surface area contributed by atoms with Crippen molar-refractivity contribution in [1.29, 1.82) is 0 Å². The number of rotatable bonds is 4. The van der Waals surface area contributed by atoms with Crippen molar-refractivity contribution in [2.24, 2.45) is 4.99 Å². The Kier molecular flexibility index (Phi) is 5.64. The molecule has 0 saturated carbocycles. The van der Waals surface area contributed by atoms with Crippen molar-refractivity contribution >= 4 is 11.4 Å². The molecular formula is C23H29N5O2. The third-order valence-corrected chi connectivity index (χ3v) is 6.26. The standard InChI is InChI=1S/C23H29N5O2/c29-23-19-16-27(10-8-20(19)25-22(26-23)21-3-1-2-9-24-21)15-17-4-6-18(7-5-17)28-11-13-30-14-12-28/h4-7H,1-3,8-16H2,(H,25,26,29). The van der Waals surface area contributed by atoms with Gasteiger partial charge in [0.1, 0.15) is 0 Å². The first-order valence-electron chi connectivity index (χ1n) is 11.1. The number of morpholine rings is 1. The Morgan fingerprint density at radius 2 is 1.87 bits per heavy atom. The molecule has 1 N–H and O–H groups in total. The highest BCUT2D eigenvalue weighted by Gasteiger charge is 2.23. The summed E-state index contributed by atoms with van der Waals surface area (Å²) in [6.45, 7) is 6.75. The highest BCUT2D eigenvalue weighted by atomic mass is 16.5. The molecule has 7 heteroatoms. The van der Waals surface area contributed by atoms with Crippen molar-refractivity contribution in [3.05, 3.63) is 57.3 Å². The molecule has 0 amide bonds. The lowest BCUT2D eigenvalue weighted by Gasteiger charge is -2.30. The molecule has 0 unspecified atom stereocenters. The van der Waals surface area contributed by atoms with Crippen LogP contribution in [0.25, 0.3) is 0 Å². The van der Waals surface area contributed by atoms with Gasteiger partial charge < -0.3 is 14.6 Å². The van der Waals surface area contributed by atoms with E-state index in [0.717, 1.165) is 88.6 Å². The Morgan fingerprint density at radius 1 is 1.03 bits per heavy atom. The van der Waals surface area contributed by atoms with Gasteiger partial charge >= 0.3 is 0 Å². The van der Waals surface area contributed by atoms with E-state index in [1.54, 1.807) is 0 Å². The van der Waals surface area contributed by atoms with Crippen molar-refractivity contribution in [2.75, 3.05) is 44.3 Å². The molecule has 30 heavy (non-hydrogen) atoms. The topological polar surface area (TPSA) is 73.8 Å². The average Bonchev–Trinajstić information content (AvgIpc) is 2.81. The number of hydrogen-bond donors (Lipinski definition) is 1. The quantitative estimate of drug-likeness (QED) is 0.841. The van der Waals surface area contributed by atoms with Gasteiger partial charge in [-0.3, -0.25) is 14.7 Å². The maximum atomic E-state index is 12.8. The Morgan fingerprint density at radius 3 is 2.63 bits per heavy atom. The number of ether oxygens (including phenoxy) is 1. The fraction of sp³-hybridized carbons (Fsp3) is 0.522. The molecule has 4 heterocycles. The predicted octanol–water partition coefficient (Wildman–Crippen LogP) is 2.14. The summed E-state index contributed by atoms with van der Waals surface area (Å²) < 4.78 is 5.44. The molecule has 158 valence electrons. The van der Waals surface area contributed by atoms with Crippen molar-refractivity contribution in [2.45, 2.75) is 38.8 Å². The van der Waals surface area contributed by atoms with Gasteiger partial charge in [-0.1, -0.05) is 12.1 Å². The number of fused-ring (bicyclic) bond motifs is 1. The van der Waals surface area contributed by atoms with E-state index in [-0.39, 0.29) is 5.56 Å². The summed E-state index contributed by atoms with van der Waals surface area (Å²) in [5, 5.41) is 0. The van der Waals surface area contributed by atoms with E-state index in [9.17, 15) is 4.79 Å². The maximum absolute atomic E-state index is 12.8. The number of H-pyrrole nitrogens is 1. The monoisotopic (exact) mass is 407 g/mol. The summed E-state index contributed by atoms with van der Waals surface area (Å²) in [5.41, 5.74) is 5.24. The van der Waals surface area contributed by atoms with E-state index < -0.39 is 0 Å². The van der Waals surface area contributed by atoms with Gasteiger partial charge in [-0.25, -0.2) is 4.98 Å². The van der Waals surface area contributed by atoms with Crippen LogP contribution in [0.15, 0.2) is 34.1 Å². The number of hydrogen-bond acceptors (Lipinski definition) is 6.